The van der Waals surface area contributed by atoms with Crippen molar-refractivity contribution in [2.75, 3.05) is 0 Å². The maximum absolute atomic E-state index is 11.1. The van der Waals surface area contributed by atoms with E-state index in [0.29, 0.717) is 5.56 Å². The average Bonchev–Trinajstić information content (AvgIpc) is 2.16. The van der Waals surface area contributed by atoms with Crippen molar-refractivity contribution in [3.8, 4) is 0 Å². The molecule has 0 saturated heterocycles. The fraction of sp³-hybridized carbons (Fsp3) is 0.300. The van der Waals surface area contributed by atoms with E-state index in [-0.39, 0.29) is 0 Å². The summed E-state index contributed by atoms with van der Waals surface area (Å²) in [6.07, 6.45) is 0.946. The molecule has 70 valence electrons. The molecule has 1 aromatic rings. The van der Waals surface area contributed by atoms with E-state index in [2.05, 4.69) is 6.92 Å². The number of aryl methyl sites for hydroxylation is 2. The zero-order valence-corrected chi connectivity index (χ0v) is 7.79. The summed E-state index contributed by atoms with van der Waals surface area (Å²) in [5, 5.41) is 8.44. The molecule has 0 fully saturated rings. The van der Waals surface area contributed by atoms with E-state index in [1.165, 1.54) is 5.56 Å². The first-order valence-corrected chi connectivity index (χ1v) is 4.23. The summed E-state index contributed by atoms with van der Waals surface area (Å²) in [5.74, 6) is -0.458. The van der Waals surface area contributed by atoms with Crippen LogP contribution in [0.4, 0.5) is 0 Å². The highest BCUT2D eigenvalue weighted by molar-refractivity contribution is 5.94. The van der Waals surface area contributed by atoms with Crippen LogP contribution in [0.25, 0.3) is 0 Å². The molecule has 0 aliphatic carbocycles. The van der Waals surface area contributed by atoms with Gasteiger partial charge < -0.3 is 0 Å². The second-order valence-electron chi connectivity index (χ2n) is 2.94. The predicted octanol–water partition coefficient (Wildman–Crippen LogP) is 1.68. The highest BCUT2D eigenvalue weighted by Crippen LogP contribution is 2.11. The van der Waals surface area contributed by atoms with E-state index in [1.807, 2.05) is 19.1 Å². The molecule has 3 heteroatoms. The first-order valence-electron chi connectivity index (χ1n) is 4.23. The number of rotatable bonds is 2. The Hall–Kier alpha value is -1.35. The van der Waals surface area contributed by atoms with E-state index < -0.39 is 5.91 Å². The van der Waals surface area contributed by atoms with Gasteiger partial charge in [-0.05, 0) is 30.5 Å². The number of hydroxylamine groups is 1. The van der Waals surface area contributed by atoms with Crippen molar-refractivity contribution in [1.82, 2.24) is 5.48 Å². The molecule has 0 spiro atoms. The minimum Gasteiger partial charge on any atom is -0.288 e. The number of nitrogens with one attached hydrogen (secondary N) is 1. The van der Waals surface area contributed by atoms with E-state index in [9.17, 15) is 4.79 Å². The van der Waals surface area contributed by atoms with Crippen LogP contribution in [0.3, 0.4) is 0 Å². The van der Waals surface area contributed by atoms with E-state index in [4.69, 9.17) is 5.21 Å². The molecule has 0 atom stereocenters. The van der Waals surface area contributed by atoms with Crippen LogP contribution >= 0.6 is 0 Å². The molecule has 0 unspecified atom stereocenters. The lowest BCUT2D eigenvalue weighted by atomic mass is 10.0. The number of carbonyl (C=O) groups excluding carboxylic acids is 1. The van der Waals surface area contributed by atoms with Gasteiger partial charge in [0.25, 0.3) is 5.91 Å². The van der Waals surface area contributed by atoms with Crippen LogP contribution in [0.2, 0.25) is 0 Å². The van der Waals surface area contributed by atoms with E-state index in [0.717, 1.165) is 12.0 Å². The first kappa shape index (κ1) is 9.74. The molecule has 1 rings (SSSR count). The summed E-state index contributed by atoms with van der Waals surface area (Å²) >= 11 is 0. The van der Waals surface area contributed by atoms with Crippen LogP contribution in [-0.4, -0.2) is 11.1 Å². The van der Waals surface area contributed by atoms with Gasteiger partial charge in [-0.1, -0.05) is 19.1 Å². The van der Waals surface area contributed by atoms with E-state index >= 15 is 0 Å². The average molecular weight is 179 g/mol. The standard InChI is InChI=1S/C10H13NO2/c1-3-8-4-5-9(7(2)6-8)10(12)11-13/h4-6,13H,3H2,1-2H3,(H,11,12). The monoisotopic (exact) mass is 179 g/mol. The molecule has 1 aromatic carbocycles. The molecule has 0 aliphatic heterocycles. The Kier molecular flexibility index (Phi) is 3.03. The summed E-state index contributed by atoms with van der Waals surface area (Å²) in [6.45, 7) is 3.91. The molecule has 13 heavy (non-hydrogen) atoms. The number of benzene rings is 1. The van der Waals surface area contributed by atoms with Crippen LogP contribution in [0, 0.1) is 6.92 Å². The minimum atomic E-state index is -0.458. The van der Waals surface area contributed by atoms with Crippen molar-refractivity contribution in [3.05, 3.63) is 34.9 Å². The molecule has 0 heterocycles. The van der Waals surface area contributed by atoms with Gasteiger partial charge >= 0.3 is 0 Å². The SMILES string of the molecule is CCc1ccc(C(=O)NO)c(C)c1. The second kappa shape index (κ2) is 4.05. The maximum atomic E-state index is 11.1. The lowest BCUT2D eigenvalue weighted by molar-refractivity contribution is 0.0705. The Bertz CT molecular complexity index is 321. The Morgan fingerprint density at radius 1 is 1.54 bits per heavy atom. The molecule has 0 saturated carbocycles. The Balaban J connectivity index is 3.05. The van der Waals surface area contributed by atoms with Gasteiger partial charge in [0.15, 0.2) is 0 Å². The quantitative estimate of drug-likeness (QED) is 0.536. The summed E-state index contributed by atoms with van der Waals surface area (Å²) in [5.41, 5.74) is 4.20. The minimum absolute atomic E-state index is 0.458. The molecular weight excluding hydrogens is 166 g/mol. The van der Waals surface area contributed by atoms with Crippen molar-refractivity contribution in [2.45, 2.75) is 20.3 Å². The Morgan fingerprint density at radius 2 is 2.23 bits per heavy atom. The molecule has 3 nitrogen and oxygen atoms in total. The smallest absolute Gasteiger partial charge is 0.274 e. The third-order valence-corrected chi connectivity index (χ3v) is 2.05. The van der Waals surface area contributed by atoms with Crippen LogP contribution < -0.4 is 5.48 Å². The van der Waals surface area contributed by atoms with E-state index in [1.54, 1.807) is 11.5 Å². The zero-order valence-electron chi connectivity index (χ0n) is 7.79. The number of hydrogen-bond donors (Lipinski definition) is 2. The van der Waals surface area contributed by atoms with Crippen LogP contribution in [0.1, 0.15) is 28.4 Å². The van der Waals surface area contributed by atoms with Gasteiger partial charge in [0.05, 0.1) is 0 Å². The van der Waals surface area contributed by atoms with Gasteiger partial charge in [0, 0.05) is 5.56 Å². The molecule has 0 radical (unpaired) electrons. The van der Waals surface area contributed by atoms with Gasteiger partial charge in [-0.15, -0.1) is 0 Å². The van der Waals surface area contributed by atoms with Gasteiger partial charge in [0.1, 0.15) is 0 Å². The van der Waals surface area contributed by atoms with Crippen LogP contribution in [0.5, 0.6) is 0 Å². The lowest BCUT2D eigenvalue weighted by Gasteiger charge is -2.05. The van der Waals surface area contributed by atoms with Gasteiger partial charge in [-0.25, -0.2) is 5.48 Å². The maximum Gasteiger partial charge on any atom is 0.274 e. The van der Waals surface area contributed by atoms with Crippen molar-refractivity contribution in [2.24, 2.45) is 0 Å². The number of carbonyl (C=O) groups is 1. The van der Waals surface area contributed by atoms with Crippen molar-refractivity contribution >= 4 is 5.91 Å². The third-order valence-electron chi connectivity index (χ3n) is 2.05. The molecule has 0 bridgehead atoms. The Morgan fingerprint density at radius 3 is 2.69 bits per heavy atom. The summed E-state index contributed by atoms with van der Waals surface area (Å²) in [4.78, 5) is 11.1. The zero-order chi connectivity index (χ0) is 9.84. The number of amides is 1. The molecular formula is C10H13NO2. The lowest BCUT2D eigenvalue weighted by Crippen LogP contribution is -2.19. The summed E-state index contributed by atoms with van der Waals surface area (Å²) in [6, 6.07) is 5.56. The van der Waals surface area contributed by atoms with Gasteiger partial charge in [-0.3, -0.25) is 10.0 Å². The predicted molar refractivity (Wildman–Crippen MR) is 49.8 cm³/mol. The van der Waals surface area contributed by atoms with Crippen LogP contribution in [-0.2, 0) is 6.42 Å². The second-order valence-corrected chi connectivity index (χ2v) is 2.94. The fourth-order valence-electron chi connectivity index (χ4n) is 1.26. The fourth-order valence-corrected chi connectivity index (χ4v) is 1.26. The van der Waals surface area contributed by atoms with Gasteiger partial charge in [-0.2, -0.15) is 0 Å². The van der Waals surface area contributed by atoms with Crippen LogP contribution in [0.15, 0.2) is 18.2 Å². The summed E-state index contributed by atoms with van der Waals surface area (Å²) < 4.78 is 0. The summed E-state index contributed by atoms with van der Waals surface area (Å²) in [7, 11) is 0. The van der Waals surface area contributed by atoms with Crippen molar-refractivity contribution < 1.29 is 10.0 Å². The third kappa shape index (κ3) is 2.06. The number of hydrogen-bond acceptors (Lipinski definition) is 2. The molecule has 0 aromatic heterocycles. The highest BCUT2D eigenvalue weighted by Gasteiger charge is 2.06. The topological polar surface area (TPSA) is 49.3 Å². The largest absolute Gasteiger partial charge is 0.288 e. The molecule has 0 aliphatic rings. The van der Waals surface area contributed by atoms with Crippen molar-refractivity contribution in [1.29, 1.82) is 0 Å². The Labute approximate surface area is 77.4 Å². The molecule has 2 N–H and O–H groups in total. The first-order chi connectivity index (χ1) is 6.19. The van der Waals surface area contributed by atoms with Gasteiger partial charge in [0.2, 0.25) is 0 Å². The molecule has 1 amide bonds. The normalized spacial score (nSPS) is 9.77. The highest BCUT2D eigenvalue weighted by atomic mass is 16.5. The van der Waals surface area contributed by atoms with Crippen molar-refractivity contribution in [3.63, 3.8) is 0 Å².